The Kier molecular flexibility index (Phi) is 4.88. The fraction of sp³-hybridized carbons (Fsp3) is 0.364. The van der Waals surface area contributed by atoms with Crippen LogP contribution in [0.25, 0.3) is 5.95 Å². The van der Waals surface area contributed by atoms with E-state index in [9.17, 15) is 4.79 Å². The summed E-state index contributed by atoms with van der Waals surface area (Å²) in [5.41, 5.74) is 0. The molecule has 0 unspecified atom stereocenters. The van der Waals surface area contributed by atoms with Crippen LogP contribution in [0, 0.1) is 0 Å². The molecule has 0 aliphatic carbocycles. The Morgan fingerprint density at radius 1 is 1.33 bits per heavy atom. The Hall–Kier alpha value is -2.42. The lowest BCUT2D eigenvalue weighted by molar-refractivity contribution is 0.218. The molecule has 2 N–H and O–H groups in total. The van der Waals surface area contributed by atoms with E-state index in [2.05, 4.69) is 30.7 Å². The topological polar surface area (TPSA) is 101 Å². The van der Waals surface area contributed by atoms with E-state index < -0.39 is 0 Å². The van der Waals surface area contributed by atoms with Crippen LogP contribution in [0.4, 0.5) is 10.7 Å². The molecule has 0 bridgehead atoms. The van der Waals surface area contributed by atoms with E-state index in [0.29, 0.717) is 25.0 Å². The van der Waals surface area contributed by atoms with Gasteiger partial charge in [-0.25, -0.2) is 9.48 Å². The Balaban J connectivity index is 1.93. The number of amides is 2. The van der Waals surface area contributed by atoms with Crippen LogP contribution in [-0.4, -0.2) is 62.8 Å². The van der Waals surface area contributed by atoms with Gasteiger partial charge in [0, 0.05) is 39.6 Å². The normalized spacial score (nSPS) is 10.2. The quantitative estimate of drug-likeness (QED) is 0.775. The van der Waals surface area contributed by atoms with Crippen molar-refractivity contribution < 1.29 is 4.79 Å². The molecule has 0 saturated carbocycles. The highest BCUT2D eigenvalue weighted by atomic mass is 35.5. The number of nitrogens with zero attached hydrogens (tertiary/aromatic N) is 6. The van der Waals surface area contributed by atoms with Crippen molar-refractivity contribution in [2.45, 2.75) is 0 Å². The summed E-state index contributed by atoms with van der Waals surface area (Å²) in [6.45, 7) is 0.885. The van der Waals surface area contributed by atoms with Crippen molar-refractivity contribution in [3.8, 4) is 5.95 Å². The van der Waals surface area contributed by atoms with E-state index in [0.717, 1.165) is 0 Å². The number of anilines is 1. The maximum absolute atomic E-state index is 11.3. The van der Waals surface area contributed by atoms with E-state index in [1.807, 2.05) is 0 Å². The van der Waals surface area contributed by atoms with E-state index in [-0.39, 0.29) is 11.3 Å². The molecule has 2 amide bonds. The first-order chi connectivity index (χ1) is 10.1. The first-order valence-electron chi connectivity index (χ1n) is 6.17. The first-order valence-corrected chi connectivity index (χ1v) is 6.54. The second-order valence-corrected chi connectivity index (χ2v) is 4.57. The molecule has 21 heavy (non-hydrogen) atoms. The second kappa shape index (κ2) is 6.84. The zero-order valence-corrected chi connectivity index (χ0v) is 12.4. The molecule has 2 aromatic rings. The molecule has 112 valence electrons. The molecule has 2 rings (SSSR count). The number of carbonyl (C=O) groups excluding carboxylic acids is 1. The van der Waals surface area contributed by atoms with E-state index in [1.165, 1.54) is 9.58 Å². The number of hydrogen-bond acceptors (Lipinski definition) is 6. The number of halogens is 1. The zero-order valence-electron chi connectivity index (χ0n) is 11.6. The van der Waals surface area contributed by atoms with Gasteiger partial charge in [0.05, 0.1) is 0 Å². The van der Waals surface area contributed by atoms with E-state index in [4.69, 9.17) is 11.6 Å². The van der Waals surface area contributed by atoms with Crippen LogP contribution in [0.2, 0.25) is 5.28 Å². The van der Waals surface area contributed by atoms with Gasteiger partial charge in [0.1, 0.15) is 0 Å². The SMILES string of the molecule is CN(C)C(=O)NCCNc1nc(Cl)nc(-n2cccn2)n1. The average molecular weight is 311 g/mol. The summed E-state index contributed by atoms with van der Waals surface area (Å²) in [5, 5.41) is 9.76. The van der Waals surface area contributed by atoms with Crippen LogP contribution in [0.1, 0.15) is 0 Å². The van der Waals surface area contributed by atoms with Gasteiger partial charge in [0.25, 0.3) is 5.95 Å². The number of rotatable bonds is 5. The van der Waals surface area contributed by atoms with Gasteiger partial charge < -0.3 is 15.5 Å². The summed E-state index contributed by atoms with van der Waals surface area (Å²) in [5.74, 6) is 0.638. The highest BCUT2D eigenvalue weighted by Gasteiger charge is 2.07. The number of aromatic nitrogens is 5. The Morgan fingerprint density at radius 2 is 2.14 bits per heavy atom. The van der Waals surface area contributed by atoms with Gasteiger partial charge in [-0.15, -0.1) is 0 Å². The van der Waals surface area contributed by atoms with Gasteiger partial charge in [-0.1, -0.05) is 0 Å². The van der Waals surface area contributed by atoms with E-state index >= 15 is 0 Å². The molecule has 0 saturated heterocycles. The van der Waals surface area contributed by atoms with Crippen molar-refractivity contribution in [1.82, 2.24) is 34.9 Å². The minimum Gasteiger partial charge on any atom is -0.352 e. The van der Waals surface area contributed by atoms with Gasteiger partial charge >= 0.3 is 6.03 Å². The van der Waals surface area contributed by atoms with Crippen LogP contribution >= 0.6 is 11.6 Å². The molecule has 0 atom stereocenters. The minimum absolute atomic E-state index is 0.0651. The zero-order chi connectivity index (χ0) is 15.2. The van der Waals surface area contributed by atoms with Crippen molar-refractivity contribution in [3.63, 3.8) is 0 Å². The predicted molar refractivity (Wildman–Crippen MR) is 77.5 cm³/mol. The molecule has 10 heteroatoms. The molecular weight excluding hydrogens is 296 g/mol. The third kappa shape index (κ3) is 4.28. The lowest BCUT2D eigenvalue weighted by Gasteiger charge is -2.12. The first kappa shape index (κ1) is 15.0. The number of nitrogens with one attached hydrogen (secondary N) is 2. The predicted octanol–water partition coefficient (Wildman–Crippen LogP) is 0.394. The lowest BCUT2D eigenvalue weighted by atomic mass is 10.6. The van der Waals surface area contributed by atoms with Crippen molar-refractivity contribution >= 4 is 23.6 Å². The van der Waals surface area contributed by atoms with Gasteiger partial charge in [-0.05, 0) is 17.7 Å². The van der Waals surface area contributed by atoms with Gasteiger partial charge in [0.15, 0.2) is 0 Å². The summed E-state index contributed by atoms with van der Waals surface area (Å²) in [6.07, 6.45) is 3.31. The molecule has 0 spiro atoms. The maximum Gasteiger partial charge on any atom is 0.316 e. The molecule has 0 aliphatic heterocycles. The molecule has 2 aromatic heterocycles. The van der Waals surface area contributed by atoms with Gasteiger partial charge in [-0.3, -0.25) is 0 Å². The third-order valence-corrected chi connectivity index (χ3v) is 2.57. The van der Waals surface area contributed by atoms with Crippen LogP contribution in [0.15, 0.2) is 18.5 Å². The molecule has 0 aromatic carbocycles. The fourth-order valence-electron chi connectivity index (χ4n) is 1.41. The summed E-state index contributed by atoms with van der Waals surface area (Å²) >= 11 is 5.85. The number of carbonyl (C=O) groups is 1. The smallest absolute Gasteiger partial charge is 0.316 e. The highest BCUT2D eigenvalue weighted by molar-refractivity contribution is 6.28. The van der Waals surface area contributed by atoms with Crippen molar-refractivity contribution in [1.29, 1.82) is 0 Å². The highest BCUT2D eigenvalue weighted by Crippen LogP contribution is 2.08. The molecule has 0 aliphatic rings. The van der Waals surface area contributed by atoms with Crippen LogP contribution in [0.3, 0.4) is 0 Å². The molecular formula is C11H15ClN8O. The third-order valence-electron chi connectivity index (χ3n) is 2.40. The summed E-state index contributed by atoms with van der Waals surface area (Å²) in [4.78, 5) is 24.9. The van der Waals surface area contributed by atoms with Crippen LogP contribution in [0.5, 0.6) is 0 Å². The average Bonchev–Trinajstić information content (AvgIpc) is 2.96. The Morgan fingerprint density at radius 3 is 2.81 bits per heavy atom. The van der Waals surface area contributed by atoms with Crippen molar-refractivity contribution in [3.05, 3.63) is 23.7 Å². The van der Waals surface area contributed by atoms with E-state index in [1.54, 1.807) is 32.6 Å². The Labute approximate surface area is 126 Å². The monoisotopic (exact) mass is 310 g/mol. The van der Waals surface area contributed by atoms with Crippen LogP contribution in [-0.2, 0) is 0 Å². The maximum atomic E-state index is 11.3. The Bertz CT molecular complexity index is 600. The van der Waals surface area contributed by atoms with Crippen molar-refractivity contribution in [2.75, 3.05) is 32.5 Å². The number of hydrogen-bond donors (Lipinski definition) is 2. The summed E-state index contributed by atoms with van der Waals surface area (Å²) in [6, 6.07) is 1.59. The fourth-order valence-corrected chi connectivity index (χ4v) is 1.57. The standard InChI is InChI=1S/C11H15ClN8O/c1-19(2)11(21)14-6-5-13-9-16-8(12)17-10(18-9)20-7-3-4-15-20/h3-4,7H,5-6H2,1-2H3,(H,14,21)(H,13,16,17,18). The molecule has 9 nitrogen and oxygen atoms in total. The second-order valence-electron chi connectivity index (χ2n) is 4.23. The minimum atomic E-state index is -0.164. The lowest BCUT2D eigenvalue weighted by Crippen LogP contribution is -2.37. The van der Waals surface area contributed by atoms with Crippen LogP contribution < -0.4 is 10.6 Å². The summed E-state index contributed by atoms with van der Waals surface area (Å²) < 4.78 is 1.48. The molecule has 2 heterocycles. The molecule has 0 fully saturated rings. The van der Waals surface area contributed by atoms with Gasteiger partial charge in [0.2, 0.25) is 11.2 Å². The van der Waals surface area contributed by atoms with Crippen molar-refractivity contribution in [2.24, 2.45) is 0 Å². The number of urea groups is 1. The van der Waals surface area contributed by atoms with Gasteiger partial charge in [-0.2, -0.15) is 20.1 Å². The summed E-state index contributed by atoms with van der Waals surface area (Å²) in [7, 11) is 3.34. The molecule has 0 radical (unpaired) electrons. The largest absolute Gasteiger partial charge is 0.352 e.